The lowest BCUT2D eigenvalue weighted by Crippen LogP contribution is -2.25. The summed E-state index contributed by atoms with van der Waals surface area (Å²) in [5.74, 6) is 0.490. The van der Waals surface area contributed by atoms with Crippen LogP contribution < -0.4 is 5.32 Å². The summed E-state index contributed by atoms with van der Waals surface area (Å²) >= 11 is 1.61. The molecule has 0 radical (unpaired) electrons. The number of nitrogens with zero attached hydrogens (tertiary/aromatic N) is 1. The molecule has 1 aliphatic heterocycles. The predicted molar refractivity (Wildman–Crippen MR) is 76.2 cm³/mol. The minimum absolute atomic E-state index is 0.0694. The van der Waals surface area contributed by atoms with Crippen molar-refractivity contribution < 1.29 is 9.53 Å². The Hall–Kier alpha value is -0.940. The first-order valence-electron chi connectivity index (χ1n) is 6.74. The highest BCUT2D eigenvalue weighted by atomic mass is 32.1. The van der Waals surface area contributed by atoms with Crippen molar-refractivity contribution in [3.05, 3.63) is 16.1 Å². The molecule has 1 aromatic heterocycles. The molecule has 19 heavy (non-hydrogen) atoms. The summed E-state index contributed by atoms with van der Waals surface area (Å²) in [7, 11) is 0. The monoisotopic (exact) mass is 282 g/mol. The quantitative estimate of drug-likeness (QED) is 0.923. The highest BCUT2D eigenvalue weighted by Crippen LogP contribution is 2.23. The van der Waals surface area contributed by atoms with Gasteiger partial charge in [-0.05, 0) is 12.3 Å². The average Bonchev–Trinajstić information content (AvgIpc) is 2.95. The van der Waals surface area contributed by atoms with Crippen molar-refractivity contribution in [2.24, 2.45) is 5.92 Å². The molecule has 0 unspecified atom stereocenters. The van der Waals surface area contributed by atoms with Crippen LogP contribution in [-0.4, -0.2) is 24.1 Å². The van der Waals surface area contributed by atoms with Crippen LogP contribution in [0.1, 0.15) is 44.3 Å². The van der Waals surface area contributed by atoms with Gasteiger partial charge in [0.2, 0.25) is 5.91 Å². The summed E-state index contributed by atoms with van der Waals surface area (Å²) in [6, 6.07) is 0. The van der Waals surface area contributed by atoms with E-state index in [-0.39, 0.29) is 11.3 Å². The summed E-state index contributed by atoms with van der Waals surface area (Å²) in [5, 5.41) is 5.99. The van der Waals surface area contributed by atoms with Gasteiger partial charge in [-0.1, -0.05) is 20.8 Å². The zero-order valence-electron chi connectivity index (χ0n) is 11.9. The lowest BCUT2D eigenvalue weighted by molar-refractivity contribution is -0.122. The molecule has 0 aromatic carbocycles. The normalized spacial score (nSPS) is 19.6. The van der Waals surface area contributed by atoms with E-state index in [2.05, 4.69) is 36.5 Å². The third kappa shape index (κ3) is 4.28. The molecular formula is C14H22N2O2S. The zero-order valence-corrected chi connectivity index (χ0v) is 12.7. The molecule has 1 N–H and O–H groups in total. The van der Waals surface area contributed by atoms with Crippen LogP contribution in [0.2, 0.25) is 0 Å². The fraction of sp³-hybridized carbons (Fsp3) is 0.714. The summed E-state index contributed by atoms with van der Waals surface area (Å²) < 4.78 is 5.27. The van der Waals surface area contributed by atoms with Gasteiger partial charge in [0.15, 0.2) is 0 Å². The first-order valence-corrected chi connectivity index (χ1v) is 7.62. The van der Waals surface area contributed by atoms with Crippen LogP contribution in [0, 0.1) is 5.92 Å². The lowest BCUT2D eigenvalue weighted by atomic mass is 9.93. The largest absolute Gasteiger partial charge is 0.381 e. The molecular weight excluding hydrogens is 260 g/mol. The Bertz CT molecular complexity index is 431. The first kappa shape index (κ1) is 14.5. The molecule has 0 spiro atoms. The van der Waals surface area contributed by atoms with E-state index >= 15 is 0 Å². The smallest absolute Gasteiger partial charge is 0.220 e. The van der Waals surface area contributed by atoms with Gasteiger partial charge in [-0.2, -0.15) is 0 Å². The second kappa shape index (κ2) is 6.01. The number of ether oxygens (including phenoxy) is 1. The molecule has 1 aromatic rings. The van der Waals surface area contributed by atoms with E-state index in [1.165, 1.54) is 0 Å². The number of thiazole rings is 1. The van der Waals surface area contributed by atoms with Crippen molar-refractivity contribution in [3.63, 3.8) is 0 Å². The number of amides is 1. The molecule has 4 nitrogen and oxygen atoms in total. The number of hydrogen-bond donors (Lipinski definition) is 1. The molecule has 1 amide bonds. The number of hydrogen-bond acceptors (Lipinski definition) is 4. The molecule has 1 fully saturated rings. The fourth-order valence-corrected chi connectivity index (χ4v) is 2.95. The Morgan fingerprint density at radius 3 is 2.95 bits per heavy atom. The molecule has 0 aliphatic carbocycles. The van der Waals surface area contributed by atoms with Crippen LogP contribution in [0.15, 0.2) is 5.38 Å². The van der Waals surface area contributed by atoms with E-state index in [0.717, 1.165) is 30.3 Å². The van der Waals surface area contributed by atoms with Crippen molar-refractivity contribution >= 4 is 17.2 Å². The van der Waals surface area contributed by atoms with E-state index < -0.39 is 0 Å². The summed E-state index contributed by atoms with van der Waals surface area (Å²) in [5.41, 5.74) is 1.16. The Labute approximate surface area is 118 Å². The summed E-state index contributed by atoms with van der Waals surface area (Å²) in [6.45, 7) is 8.48. The SMILES string of the molecule is CC(C)(C)c1csc(CNC(=O)C[C@@H]2CCOC2)n1. The van der Waals surface area contributed by atoms with Gasteiger partial charge in [0.25, 0.3) is 0 Å². The fourth-order valence-electron chi connectivity index (χ4n) is 1.99. The number of rotatable bonds is 4. The van der Waals surface area contributed by atoms with Gasteiger partial charge >= 0.3 is 0 Å². The van der Waals surface area contributed by atoms with Gasteiger partial charge in [-0.3, -0.25) is 4.79 Å². The number of nitrogens with one attached hydrogen (secondary N) is 1. The van der Waals surface area contributed by atoms with E-state index in [9.17, 15) is 4.79 Å². The van der Waals surface area contributed by atoms with Crippen LogP contribution in [-0.2, 0) is 21.5 Å². The first-order chi connectivity index (χ1) is 8.95. The van der Waals surface area contributed by atoms with Gasteiger partial charge in [-0.15, -0.1) is 11.3 Å². The molecule has 0 saturated carbocycles. The third-order valence-corrected chi connectivity index (χ3v) is 4.10. The Morgan fingerprint density at radius 2 is 2.37 bits per heavy atom. The van der Waals surface area contributed by atoms with Crippen LogP contribution in [0.4, 0.5) is 0 Å². The van der Waals surface area contributed by atoms with E-state index in [0.29, 0.717) is 18.9 Å². The van der Waals surface area contributed by atoms with E-state index in [4.69, 9.17) is 4.74 Å². The zero-order chi connectivity index (χ0) is 13.9. The number of carbonyl (C=O) groups is 1. The predicted octanol–water partition coefficient (Wildman–Crippen LogP) is 2.48. The molecule has 1 atom stereocenters. The van der Waals surface area contributed by atoms with Crippen LogP contribution in [0.25, 0.3) is 0 Å². The summed E-state index contributed by atoms with van der Waals surface area (Å²) in [6.07, 6.45) is 1.57. The molecule has 2 rings (SSSR count). The van der Waals surface area contributed by atoms with Crippen LogP contribution in [0.5, 0.6) is 0 Å². The molecule has 2 heterocycles. The maximum absolute atomic E-state index is 11.8. The third-order valence-electron chi connectivity index (χ3n) is 3.26. The van der Waals surface area contributed by atoms with Crippen molar-refractivity contribution in [3.8, 4) is 0 Å². The molecule has 1 aliphatic rings. The topological polar surface area (TPSA) is 51.2 Å². The van der Waals surface area contributed by atoms with E-state index in [1.54, 1.807) is 11.3 Å². The molecule has 106 valence electrons. The highest BCUT2D eigenvalue weighted by molar-refractivity contribution is 7.09. The maximum atomic E-state index is 11.8. The average molecular weight is 282 g/mol. The Morgan fingerprint density at radius 1 is 1.58 bits per heavy atom. The Kier molecular flexibility index (Phi) is 4.58. The van der Waals surface area contributed by atoms with Gasteiger partial charge in [-0.25, -0.2) is 4.98 Å². The molecule has 5 heteroatoms. The highest BCUT2D eigenvalue weighted by Gasteiger charge is 2.20. The van der Waals surface area contributed by atoms with Crippen LogP contribution >= 0.6 is 11.3 Å². The molecule has 1 saturated heterocycles. The minimum atomic E-state index is 0.0694. The van der Waals surface area contributed by atoms with E-state index in [1.807, 2.05) is 0 Å². The second-order valence-electron chi connectivity index (χ2n) is 6.09. The summed E-state index contributed by atoms with van der Waals surface area (Å²) in [4.78, 5) is 16.4. The van der Waals surface area contributed by atoms with Gasteiger partial charge in [0.1, 0.15) is 5.01 Å². The maximum Gasteiger partial charge on any atom is 0.220 e. The Balaban J connectivity index is 1.78. The number of carbonyl (C=O) groups excluding carboxylic acids is 1. The van der Waals surface area contributed by atoms with Gasteiger partial charge in [0.05, 0.1) is 12.2 Å². The van der Waals surface area contributed by atoms with Crippen molar-refractivity contribution in [2.75, 3.05) is 13.2 Å². The van der Waals surface area contributed by atoms with Gasteiger partial charge in [0, 0.05) is 30.4 Å². The van der Waals surface area contributed by atoms with Crippen molar-refractivity contribution in [2.45, 2.75) is 45.6 Å². The minimum Gasteiger partial charge on any atom is -0.381 e. The number of aromatic nitrogens is 1. The van der Waals surface area contributed by atoms with Crippen molar-refractivity contribution in [1.29, 1.82) is 0 Å². The van der Waals surface area contributed by atoms with Crippen molar-refractivity contribution in [1.82, 2.24) is 10.3 Å². The van der Waals surface area contributed by atoms with Crippen LogP contribution in [0.3, 0.4) is 0 Å². The molecule has 0 bridgehead atoms. The standard InChI is InChI=1S/C14H22N2O2S/c1-14(2,3)11-9-19-13(16-11)7-15-12(17)6-10-4-5-18-8-10/h9-10H,4-8H2,1-3H3,(H,15,17)/t10-/m0/s1. The lowest BCUT2D eigenvalue weighted by Gasteiger charge is -2.14. The van der Waals surface area contributed by atoms with Gasteiger partial charge < -0.3 is 10.1 Å². The second-order valence-corrected chi connectivity index (χ2v) is 7.03.